The van der Waals surface area contributed by atoms with Gasteiger partial charge in [0.15, 0.2) is 0 Å². The highest BCUT2D eigenvalue weighted by atomic mass is 16.6. The van der Waals surface area contributed by atoms with Crippen LogP contribution >= 0.6 is 0 Å². The number of hydrogen-bond donors (Lipinski definition) is 2. The molecule has 0 aromatic heterocycles. The number of benzene rings is 1. The first-order valence-electron chi connectivity index (χ1n) is 10.1. The maximum absolute atomic E-state index is 12.7. The van der Waals surface area contributed by atoms with E-state index in [4.69, 9.17) is 15.2 Å². The minimum Gasteiger partial charge on any atom is -0.463 e. The minimum atomic E-state index is -1.05. The van der Waals surface area contributed by atoms with Gasteiger partial charge in [0.1, 0.15) is 5.60 Å². The summed E-state index contributed by atoms with van der Waals surface area (Å²) in [6.07, 6.45) is 3.29. The predicted octanol–water partition coefficient (Wildman–Crippen LogP) is 2.93. The molecule has 2 amide bonds. The van der Waals surface area contributed by atoms with Crippen LogP contribution in [0.25, 0.3) is 6.08 Å². The van der Waals surface area contributed by atoms with E-state index in [2.05, 4.69) is 5.32 Å². The largest absolute Gasteiger partial charge is 0.463 e. The minimum absolute atomic E-state index is 0.291. The molecule has 1 aliphatic heterocycles. The number of carbonyl (C=O) groups is 3. The lowest BCUT2D eigenvalue weighted by Gasteiger charge is -2.38. The number of nitrogens with one attached hydrogen (secondary N) is 1. The van der Waals surface area contributed by atoms with E-state index >= 15 is 0 Å². The lowest BCUT2D eigenvalue weighted by atomic mass is 9.87. The Hall–Kier alpha value is -2.87. The standard InChI is InChI=1S/C22H31N3O5/c1-5-29-18(26)11-8-16-6-9-17(10-7-16)24-19(27)22(23)12-14-25(15-13-22)20(28)30-21(2,3)4/h6-11H,5,12-15,23H2,1-4H3,(H,24,27)/b11-8+. The van der Waals surface area contributed by atoms with E-state index in [0.717, 1.165) is 5.56 Å². The summed E-state index contributed by atoms with van der Waals surface area (Å²) in [7, 11) is 0. The van der Waals surface area contributed by atoms with Crippen molar-refractivity contribution >= 4 is 29.7 Å². The summed E-state index contributed by atoms with van der Waals surface area (Å²) in [5.74, 6) is -0.696. The smallest absolute Gasteiger partial charge is 0.410 e. The average molecular weight is 418 g/mol. The van der Waals surface area contributed by atoms with Gasteiger partial charge in [-0.15, -0.1) is 0 Å². The number of esters is 1. The van der Waals surface area contributed by atoms with Crippen LogP contribution in [-0.4, -0.2) is 53.7 Å². The van der Waals surface area contributed by atoms with Crippen LogP contribution < -0.4 is 11.1 Å². The molecule has 3 N–H and O–H groups in total. The average Bonchev–Trinajstić information content (AvgIpc) is 2.67. The molecule has 0 radical (unpaired) electrons. The van der Waals surface area contributed by atoms with Crippen LogP contribution in [0.2, 0.25) is 0 Å². The van der Waals surface area contributed by atoms with Gasteiger partial charge in [-0.1, -0.05) is 12.1 Å². The van der Waals surface area contributed by atoms with Gasteiger partial charge in [-0.2, -0.15) is 0 Å². The van der Waals surface area contributed by atoms with Gasteiger partial charge in [-0.25, -0.2) is 9.59 Å². The molecule has 8 nitrogen and oxygen atoms in total. The molecule has 0 unspecified atom stereocenters. The van der Waals surface area contributed by atoms with E-state index in [1.807, 2.05) is 20.8 Å². The number of amides is 2. The number of anilines is 1. The predicted molar refractivity (Wildman–Crippen MR) is 115 cm³/mol. The summed E-state index contributed by atoms with van der Waals surface area (Å²) in [5.41, 5.74) is 6.11. The first-order chi connectivity index (χ1) is 14.0. The van der Waals surface area contributed by atoms with Crippen LogP contribution in [0.4, 0.5) is 10.5 Å². The molecule has 0 spiro atoms. The summed E-state index contributed by atoms with van der Waals surface area (Å²) < 4.78 is 10.2. The van der Waals surface area contributed by atoms with Crippen LogP contribution in [0.3, 0.4) is 0 Å². The molecule has 1 aliphatic rings. The zero-order valence-electron chi connectivity index (χ0n) is 18.1. The lowest BCUT2D eigenvalue weighted by molar-refractivity contribution is -0.137. The molecule has 1 fully saturated rings. The second-order valence-electron chi connectivity index (χ2n) is 8.29. The number of rotatable bonds is 5. The van der Waals surface area contributed by atoms with Gasteiger partial charge in [0, 0.05) is 24.9 Å². The molecule has 2 rings (SSSR count). The van der Waals surface area contributed by atoms with Gasteiger partial charge in [0.2, 0.25) is 5.91 Å². The van der Waals surface area contributed by atoms with Crippen LogP contribution in [0, 0.1) is 0 Å². The Morgan fingerprint density at radius 1 is 1.17 bits per heavy atom. The van der Waals surface area contributed by atoms with Gasteiger partial charge < -0.3 is 25.4 Å². The van der Waals surface area contributed by atoms with Gasteiger partial charge in [-0.3, -0.25) is 4.79 Å². The third kappa shape index (κ3) is 6.88. The third-order valence-electron chi connectivity index (χ3n) is 4.63. The van der Waals surface area contributed by atoms with Crippen LogP contribution in [0.15, 0.2) is 30.3 Å². The Balaban J connectivity index is 1.90. The first kappa shape index (κ1) is 23.4. The fraction of sp³-hybridized carbons (Fsp3) is 0.500. The molecule has 1 aromatic carbocycles. The SMILES string of the molecule is CCOC(=O)/C=C/c1ccc(NC(=O)C2(N)CCN(C(=O)OC(C)(C)C)CC2)cc1. The number of piperidine rings is 1. The number of hydrogen-bond acceptors (Lipinski definition) is 6. The lowest BCUT2D eigenvalue weighted by Crippen LogP contribution is -2.58. The monoisotopic (exact) mass is 417 g/mol. The van der Waals surface area contributed by atoms with Gasteiger partial charge in [-0.05, 0) is 64.3 Å². The third-order valence-corrected chi connectivity index (χ3v) is 4.63. The van der Waals surface area contributed by atoms with E-state index in [1.54, 1.807) is 42.2 Å². The number of ether oxygens (including phenoxy) is 2. The number of nitrogens with two attached hydrogens (primary N) is 1. The summed E-state index contributed by atoms with van der Waals surface area (Å²) in [6.45, 7) is 8.22. The summed E-state index contributed by atoms with van der Waals surface area (Å²) in [6, 6.07) is 7.03. The van der Waals surface area contributed by atoms with Crippen molar-refractivity contribution in [3.8, 4) is 0 Å². The van der Waals surface area contributed by atoms with Crippen LogP contribution in [0.5, 0.6) is 0 Å². The molecular formula is C22H31N3O5. The topological polar surface area (TPSA) is 111 Å². The van der Waals surface area contributed by atoms with Gasteiger partial charge in [0.05, 0.1) is 12.1 Å². The molecule has 0 saturated carbocycles. The van der Waals surface area contributed by atoms with Crippen molar-refractivity contribution < 1.29 is 23.9 Å². The summed E-state index contributed by atoms with van der Waals surface area (Å²) in [4.78, 5) is 37.8. The van der Waals surface area contributed by atoms with Crippen molar-refractivity contribution in [1.82, 2.24) is 4.90 Å². The normalized spacial score (nSPS) is 16.2. The van der Waals surface area contributed by atoms with Crippen molar-refractivity contribution in [1.29, 1.82) is 0 Å². The fourth-order valence-corrected chi connectivity index (χ4v) is 2.93. The molecule has 164 valence electrons. The fourth-order valence-electron chi connectivity index (χ4n) is 2.93. The molecule has 0 atom stereocenters. The zero-order chi connectivity index (χ0) is 22.4. The highest BCUT2D eigenvalue weighted by Gasteiger charge is 2.39. The van der Waals surface area contributed by atoms with E-state index < -0.39 is 23.2 Å². The Kier molecular flexibility index (Phi) is 7.61. The molecule has 1 heterocycles. The van der Waals surface area contributed by atoms with Crippen molar-refractivity contribution in [3.63, 3.8) is 0 Å². The van der Waals surface area contributed by atoms with E-state index in [-0.39, 0.29) is 5.91 Å². The van der Waals surface area contributed by atoms with E-state index in [0.29, 0.717) is 38.2 Å². The first-order valence-corrected chi connectivity index (χ1v) is 10.1. The highest BCUT2D eigenvalue weighted by Crippen LogP contribution is 2.23. The van der Waals surface area contributed by atoms with Crippen molar-refractivity contribution in [2.45, 2.75) is 51.7 Å². The number of nitrogens with zero attached hydrogens (tertiary/aromatic N) is 1. The maximum Gasteiger partial charge on any atom is 0.410 e. The molecule has 0 bridgehead atoms. The summed E-state index contributed by atoms with van der Waals surface area (Å²) in [5, 5.41) is 2.83. The molecule has 1 saturated heterocycles. The summed E-state index contributed by atoms with van der Waals surface area (Å²) >= 11 is 0. The Morgan fingerprint density at radius 2 is 1.77 bits per heavy atom. The molecular weight excluding hydrogens is 386 g/mol. The van der Waals surface area contributed by atoms with Crippen molar-refractivity contribution in [3.05, 3.63) is 35.9 Å². The van der Waals surface area contributed by atoms with Crippen molar-refractivity contribution in [2.24, 2.45) is 5.73 Å². The maximum atomic E-state index is 12.7. The second kappa shape index (κ2) is 9.75. The van der Waals surface area contributed by atoms with E-state index in [9.17, 15) is 14.4 Å². The Morgan fingerprint density at radius 3 is 2.30 bits per heavy atom. The molecule has 8 heteroatoms. The number of likely N-dealkylation sites (tertiary alicyclic amines) is 1. The number of carbonyl (C=O) groups excluding carboxylic acids is 3. The highest BCUT2D eigenvalue weighted by molar-refractivity contribution is 5.98. The Bertz CT molecular complexity index is 788. The molecule has 1 aromatic rings. The van der Waals surface area contributed by atoms with Crippen LogP contribution in [-0.2, 0) is 19.1 Å². The van der Waals surface area contributed by atoms with Crippen molar-refractivity contribution in [2.75, 3.05) is 25.0 Å². The van der Waals surface area contributed by atoms with Gasteiger partial charge >= 0.3 is 12.1 Å². The zero-order valence-corrected chi connectivity index (χ0v) is 18.1. The Labute approximate surface area is 177 Å². The van der Waals surface area contributed by atoms with E-state index in [1.165, 1.54) is 6.08 Å². The second-order valence-corrected chi connectivity index (χ2v) is 8.29. The van der Waals surface area contributed by atoms with Gasteiger partial charge in [0.25, 0.3) is 0 Å². The molecule has 30 heavy (non-hydrogen) atoms. The quantitative estimate of drug-likeness (QED) is 0.563. The molecule has 0 aliphatic carbocycles. The van der Waals surface area contributed by atoms with Crippen LogP contribution in [0.1, 0.15) is 46.1 Å².